The third-order valence-electron chi connectivity index (χ3n) is 2.87. The van der Waals surface area contributed by atoms with Crippen molar-refractivity contribution in [1.82, 2.24) is 0 Å². The van der Waals surface area contributed by atoms with E-state index in [0.717, 1.165) is 18.0 Å². The van der Waals surface area contributed by atoms with E-state index in [1.54, 1.807) is 0 Å². The molecular formula is C11H14N2. The van der Waals surface area contributed by atoms with Gasteiger partial charge < -0.3 is 0 Å². The molecule has 0 saturated carbocycles. The first-order valence-electron chi connectivity index (χ1n) is 4.58. The molecule has 0 spiro atoms. The first kappa shape index (κ1) is 8.42. The zero-order valence-electron chi connectivity index (χ0n) is 8.60. The van der Waals surface area contributed by atoms with Gasteiger partial charge in [-0.3, -0.25) is 4.99 Å². The minimum absolute atomic E-state index is 0.918. The van der Waals surface area contributed by atoms with E-state index < -0.39 is 0 Å². The monoisotopic (exact) mass is 174 g/mol. The largest absolute Gasteiger partial charge is 0.270 e. The van der Waals surface area contributed by atoms with Gasteiger partial charge in [0.15, 0.2) is 5.84 Å². The second-order valence-corrected chi connectivity index (χ2v) is 3.68. The average Bonchev–Trinajstić information content (AvgIpc) is 2.09. The highest BCUT2D eigenvalue weighted by molar-refractivity contribution is 6.19. The molecule has 0 amide bonds. The van der Waals surface area contributed by atoms with E-state index in [1.807, 2.05) is 7.05 Å². The molecule has 1 aliphatic carbocycles. The normalized spacial score (nSPS) is 24.6. The Morgan fingerprint density at radius 1 is 1.23 bits per heavy atom. The smallest absolute Gasteiger partial charge is 0.154 e. The van der Waals surface area contributed by atoms with Gasteiger partial charge in [0, 0.05) is 18.3 Å². The molecule has 0 bridgehead atoms. The second kappa shape index (κ2) is 2.66. The molecule has 2 nitrogen and oxygen atoms in total. The highest BCUT2D eigenvalue weighted by Gasteiger charge is 2.29. The molecule has 0 atom stereocenters. The molecule has 2 rings (SSSR count). The summed E-state index contributed by atoms with van der Waals surface area (Å²) in [5.41, 5.74) is 6.63. The minimum Gasteiger partial charge on any atom is -0.270 e. The number of amidine groups is 1. The molecule has 68 valence electrons. The summed E-state index contributed by atoms with van der Waals surface area (Å²) in [7, 11) is 1.81. The lowest BCUT2D eigenvalue weighted by molar-refractivity contribution is 0.993. The van der Waals surface area contributed by atoms with Crippen LogP contribution in [0.5, 0.6) is 0 Å². The van der Waals surface area contributed by atoms with Crippen LogP contribution in [0.2, 0.25) is 0 Å². The van der Waals surface area contributed by atoms with E-state index in [-0.39, 0.29) is 0 Å². The van der Waals surface area contributed by atoms with E-state index in [0.29, 0.717) is 0 Å². The van der Waals surface area contributed by atoms with Crippen LogP contribution in [-0.2, 0) is 0 Å². The summed E-state index contributed by atoms with van der Waals surface area (Å²) in [6.45, 7) is 6.36. The zero-order valence-corrected chi connectivity index (χ0v) is 8.60. The fourth-order valence-electron chi connectivity index (χ4n) is 1.92. The van der Waals surface area contributed by atoms with Crippen LogP contribution in [0.25, 0.3) is 0 Å². The topological polar surface area (TPSA) is 24.7 Å². The molecular weight excluding hydrogens is 160 g/mol. The van der Waals surface area contributed by atoms with Gasteiger partial charge in [0.05, 0.1) is 0 Å². The van der Waals surface area contributed by atoms with Crippen LogP contribution in [0.1, 0.15) is 27.2 Å². The molecule has 2 aliphatic rings. The van der Waals surface area contributed by atoms with Gasteiger partial charge in [0.25, 0.3) is 0 Å². The second-order valence-electron chi connectivity index (χ2n) is 3.68. The first-order valence-corrected chi connectivity index (χ1v) is 4.58. The average molecular weight is 174 g/mol. The third-order valence-corrected chi connectivity index (χ3v) is 2.87. The van der Waals surface area contributed by atoms with Crippen molar-refractivity contribution in [3.05, 3.63) is 22.3 Å². The zero-order chi connectivity index (χ0) is 9.59. The molecule has 1 aliphatic heterocycles. The molecule has 0 aromatic rings. The van der Waals surface area contributed by atoms with Gasteiger partial charge in [-0.15, -0.1) is 0 Å². The fourth-order valence-corrected chi connectivity index (χ4v) is 1.92. The predicted octanol–water partition coefficient (Wildman–Crippen LogP) is 2.53. The summed E-state index contributed by atoms with van der Waals surface area (Å²) in [6.07, 6.45) is 1.12. The van der Waals surface area contributed by atoms with Crippen molar-refractivity contribution >= 4 is 11.5 Å². The summed E-state index contributed by atoms with van der Waals surface area (Å²) in [4.78, 5) is 8.67. The van der Waals surface area contributed by atoms with E-state index >= 15 is 0 Å². The number of hydrogen-bond donors (Lipinski definition) is 0. The van der Waals surface area contributed by atoms with Crippen LogP contribution in [0, 0.1) is 0 Å². The lowest BCUT2D eigenvalue weighted by atomic mass is 9.78. The van der Waals surface area contributed by atoms with Crippen molar-refractivity contribution in [1.29, 1.82) is 0 Å². The van der Waals surface area contributed by atoms with Crippen LogP contribution in [-0.4, -0.2) is 18.6 Å². The molecule has 0 N–H and O–H groups in total. The van der Waals surface area contributed by atoms with Crippen molar-refractivity contribution in [2.75, 3.05) is 7.05 Å². The molecule has 13 heavy (non-hydrogen) atoms. The van der Waals surface area contributed by atoms with Gasteiger partial charge in [-0.1, -0.05) is 5.57 Å². The Hall–Kier alpha value is -1.18. The number of aliphatic imine (C=N–C) groups is 2. The number of allylic oxidation sites excluding steroid dienone is 2. The van der Waals surface area contributed by atoms with E-state index in [1.165, 1.54) is 22.3 Å². The van der Waals surface area contributed by atoms with Gasteiger partial charge in [0.1, 0.15) is 0 Å². The summed E-state index contributed by atoms with van der Waals surface area (Å²) < 4.78 is 0. The Morgan fingerprint density at radius 2 is 1.92 bits per heavy atom. The Kier molecular flexibility index (Phi) is 1.72. The Morgan fingerprint density at radius 3 is 2.46 bits per heavy atom. The number of fused-ring (bicyclic) bond motifs is 1. The van der Waals surface area contributed by atoms with Gasteiger partial charge >= 0.3 is 0 Å². The third kappa shape index (κ3) is 1.01. The minimum atomic E-state index is 0.918. The summed E-state index contributed by atoms with van der Waals surface area (Å²) >= 11 is 0. The van der Waals surface area contributed by atoms with Crippen LogP contribution in [0.3, 0.4) is 0 Å². The fraction of sp³-hybridized carbons (Fsp3) is 0.455. The van der Waals surface area contributed by atoms with Gasteiger partial charge in [-0.25, -0.2) is 4.99 Å². The molecule has 0 radical (unpaired) electrons. The maximum Gasteiger partial charge on any atom is 0.154 e. The molecule has 1 heterocycles. The van der Waals surface area contributed by atoms with Gasteiger partial charge in [-0.05, 0) is 38.3 Å². The van der Waals surface area contributed by atoms with E-state index in [2.05, 4.69) is 30.8 Å². The van der Waals surface area contributed by atoms with Crippen molar-refractivity contribution in [2.45, 2.75) is 27.2 Å². The molecule has 0 aromatic carbocycles. The summed E-state index contributed by atoms with van der Waals surface area (Å²) in [5.74, 6) is 0.918. The van der Waals surface area contributed by atoms with Crippen molar-refractivity contribution in [3.63, 3.8) is 0 Å². The van der Waals surface area contributed by atoms with E-state index in [9.17, 15) is 0 Å². The summed E-state index contributed by atoms with van der Waals surface area (Å²) in [5, 5.41) is 0. The summed E-state index contributed by atoms with van der Waals surface area (Å²) in [6, 6.07) is 0. The Bertz CT molecular complexity index is 392. The molecule has 0 saturated heterocycles. The Balaban J connectivity index is 2.60. The number of hydrogen-bond acceptors (Lipinski definition) is 1. The van der Waals surface area contributed by atoms with Gasteiger partial charge in [0.2, 0.25) is 0 Å². The van der Waals surface area contributed by atoms with Crippen molar-refractivity contribution < 1.29 is 0 Å². The lowest BCUT2D eigenvalue weighted by Crippen LogP contribution is -2.23. The first-order chi connectivity index (χ1) is 6.15. The highest BCUT2D eigenvalue weighted by Crippen LogP contribution is 2.39. The SMILES string of the molecule is CN=C1N=C(C)C(C)=C2CC(C)=C12. The number of nitrogens with zero attached hydrogens (tertiary/aromatic N) is 2. The quantitative estimate of drug-likeness (QED) is 0.539. The maximum absolute atomic E-state index is 4.47. The molecule has 2 heteroatoms. The van der Waals surface area contributed by atoms with E-state index in [4.69, 9.17) is 0 Å². The molecule has 0 aromatic heterocycles. The molecule has 0 unspecified atom stereocenters. The lowest BCUT2D eigenvalue weighted by Gasteiger charge is -2.30. The Labute approximate surface area is 78.8 Å². The van der Waals surface area contributed by atoms with Crippen LogP contribution in [0.15, 0.2) is 32.3 Å². The molecule has 0 fully saturated rings. The number of dihydropyridines is 1. The van der Waals surface area contributed by atoms with Crippen molar-refractivity contribution in [2.24, 2.45) is 9.98 Å². The highest BCUT2D eigenvalue weighted by atomic mass is 14.9. The van der Waals surface area contributed by atoms with Crippen LogP contribution in [0.4, 0.5) is 0 Å². The standard InChI is InChI=1S/C11H14N2/c1-6-5-9-7(2)8(3)13-11(12-4)10(6)9/h5H2,1-4H3. The van der Waals surface area contributed by atoms with Crippen LogP contribution >= 0.6 is 0 Å². The van der Waals surface area contributed by atoms with Crippen molar-refractivity contribution in [3.8, 4) is 0 Å². The predicted molar refractivity (Wildman–Crippen MR) is 56.5 cm³/mol. The van der Waals surface area contributed by atoms with Crippen LogP contribution < -0.4 is 0 Å². The maximum atomic E-state index is 4.47. The van der Waals surface area contributed by atoms with Gasteiger partial charge in [-0.2, -0.15) is 0 Å². The number of rotatable bonds is 0.